The number of aromatic hydroxyl groups is 1. The molecule has 180 valence electrons. The zero-order chi connectivity index (χ0) is 24.5. The van der Waals surface area contributed by atoms with Gasteiger partial charge in [-0.05, 0) is 122 Å². The van der Waals surface area contributed by atoms with E-state index >= 15 is 0 Å². The topological polar surface area (TPSA) is 53.4 Å². The maximum Gasteiger partial charge on any atom is 0.125 e. The lowest BCUT2D eigenvalue weighted by Crippen LogP contribution is -2.48. The minimum absolute atomic E-state index is 0.0185. The first-order valence-electron chi connectivity index (χ1n) is 12.1. The predicted molar refractivity (Wildman–Crippen MR) is 135 cm³/mol. The first-order valence-corrected chi connectivity index (χ1v) is 12.4. The number of phenols is 1. The van der Waals surface area contributed by atoms with Crippen molar-refractivity contribution in [3.05, 3.63) is 93.5 Å². The van der Waals surface area contributed by atoms with Crippen LogP contribution in [0.15, 0.2) is 54.7 Å². The zero-order valence-electron chi connectivity index (χ0n) is 20.1. The van der Waals surface area contributed by atoms with Gasteiger partial charge in [0.2, 0.25) is 0 Å². The molecule has 1 heterocycles. The van der Waals surface area contributed by atoms with Crippen LogP contribution in [0.2, 0.25) is 5.02 Å². The minimum atomic E-state index is -1.04. The van der Waals surface area contributed by atoms with Gasteiger partial charge in [0.25, 0.3) is 0 Å². The van der Waals surface area contributed by atoms with Crippen LogP contribution in [0, 0.1) is 25.6 Å². The molecule has 2 aliphatic rings. The highest BCUT2D eigenvalue weighted by Crippen LogP contribution is 2.56. The fourth-order valence-corrected chi connectivity index (χ4v) is 6.20. The number of aromatic nitrogens is 1. The number of fused-ring (bicyclic) bond motifs is 3. The second-order valence-electron chi connectivity index (χ2n) is 9.89. The summed E-state index contributed by atoms with van der Waals surface area (Å²) in [6, 6.07) is 14.1. The molecule has 0 saturated heterocycles. The van der Waals surface area contributed by atoms with Crippen LogP contribution in [0.4, 0.5) is 4.39 Å². The van der Waals surface area contributed by atoms with Crippen molar-refractivity contribution >= 4 is 11.6 Å². The van der Waals surface area contributed by atoms with Crippen LogP contribution in [0.1, 0.15) is 67.0 Å². The summed E-state index contributed by atoms with van der Waals surface area (Å²) in [5.74, 6) is 0.234. The lowest BCUT2D eigenvalue weighted by atomic mass is 9.53. The summed E-state index contributed by atoms with van der Waals surface area (Å²) in [6.07, 6.45) is 6.71. The quantitative estimate of drug-likeness (QED) is 0.408. The summed E-state index contributed by atoms with van der Waals surface area (Å²) in [5, 5.41) is 21.5. The molecular formula is C29H33ClFNO2. The molecule has 1 aromatic heterocycles. The summed E-state index contributed by atoms with van der Waals surface area (Å²) in [7, 11) is 0. The van der Waals surface area contributed by atoms with Gasteiger partial charge in [0.15, 0.2) is 0 Å². The van der Waals surface area contributed by atoms with E-state index in [-0.39, 0.29) is 5.41 Å². The summed E-state index contributed by atoms with van der Waals surface area (Å²) in [6.45, 7) is 6.27. The number of benzene rings is 2. The Labute approximate surface area is 206 Å². The van der Waals surface area contributed by atoms with E-state index in [2.05, 4.69) is 31.0 Å². The Bertz CT molecular complexity index is 1140. The summed E-state index contributed by atoms with van der Waals surface area (Å²) >= 11 is 6.03. The number of aryl methyl sites for hydroxylation is 3. The molecule has 0 spiro atoms. The Kier molecular flexibility index (Phi) is 7.02. The van der Waals surface area contributed by atoms with Crippen LogP contribution in [0.25, 0.3) is 0 Å². The van der Waals surface area contributed by atoms with Crippen LogP contribution in [0.5, 0.6) is 5.75 Å². The third kappa shape index (κ3) is 4.71. The van der Waals surface area contributed by atoms with Crippen molar-refractivity contribution in [2.24, 2.45) is 5.92 Å². The van der Waals surface area contributed by atoms with Gasteiger partial charge in [-0.3, -0.25) is 4.98 Å². The molecule has 0 amide bonds. The lowest BCUT2D eigenvalue weighted by molar-refractivity contribution is -0.0568. The maximum atomic E-state index is 13.8. The molecule has 34 heavy (non-hydrogen) atoms. The summed E-state index contributed by atoms with van der Waals surface area (Å²) in [4.78, 5) is 4.08. The Morgan fingerprint density at radius 1 is 1.12 bits per heavy atom. The van der Waals surface area contributed by atoms with Gasteiger partial charge < -0.3 is 10.2 Å². The van der Waals surface area contributed by atoms with Crippen LogP contribution in [0.3, 0.4) is 0 Å². The number of hydrogen-bond acceptors (Lipinski definition) is 3. The third-order valence-corrected chi connectivity index (χ3v) is 8.26. The van der Waals surface area contributed by atoms with Crippen molar-refractivity contribution in [1.82, 2.24) is 4.98 Å². The molecule has 2 aromatic carbocycles. The molecular weight excluding hydrogens is 449 g/mol. The molecule has 3 atom stereocenters. The number of pyridine rings is 1. The van der Waals surface area contributed by atoms with Crippen molar-refractivity contribution in [3.63, 3.8) is 0 Å². The number of hydrogen-bond donors (Lipinski definition) is 2. The average Bonchev–Trinajstić information content (AvgIpc) is 2.80. The second-order valence-corrected chi connectivity index (χ2v) is 10.3. The van der Waals surface area contributed by atoms with E-state index in [1.165, 1.54) is 28.8 Å². The molecule has 3 nitrogen and oxygen atoms in total. The van der Waals surface area contributed by atoms with Gasteiger partial charge in [0.05, 0.1) is 5.60 Å². The zero-order valence-corrected chi connectivity index (χ0v) is 20.9. The van der Waals surface area contributed by atoms with Gasteiger partial charge in [-0.2, -0.15) is 0 Å². The van der Waals surface area contributed by atoms with Gasteiger partial charge in [-0.15, -0.1) is 0 Å². The highest BCUT2D eigenvalue weighted by molar-refractivity contribution is 6.30. The predicted octanol–water partition coefficient (Wildman–Crippen LogP) is 7.17. The van der Waals surface area contributed by atoms with Gasteiger partial charge in [-0.25, -0.2) is 4.39 Å². The smallest absolute Gasteiger partial charge is 0.125 e. The standard InChI is InChI=1S/C22H24ClFO2.C7H9N/c1-2-21-7-8-22(26,16-10-17(23)12-18(24)11-16)13-15(21)4-3-14-9-19(25)5-6-20(14)21;1-6-4-3-5-8-7(6)2/h5-6,9-12,15,25-26H,2-4,7-8,13H2,1H3;3-5H,1-2H3/t15-,21?,22?;/m1./s1. The van der Waals surface area contributed by atoms with E-state index in [9.17, 15) is 14.6 Å². The van der Waals surface area contributed by atoms with E-state index < -0.39 is 11.4 Å². The molecule has 5 heteroatoms. The van der Waals surface area contributed by atoms with Crippen molar-refractivity contribution < 1.29 is 14.6 Å². The minimum Gasteiger partial charge on any atom is -0.508 e. The molecule has 0 bridgehead atoms. The fourth-order valence-electron chi connectivity index (χ4n) is 5.98. The van der Waals surface area contributed by atoms with Gasteiger partial charge in [-0.1, -0.05) is 30.7 Å². The first kappa shape index (κ1) is 24.7. The number of aliphatic hydroxyl groups is 1. The van der Waals surface area contributed by atoms with Crippen molar-refractivity contribution in [2.45, 2.75) is 70.3 Å². The Balaban J connectivity index is 0.000000291. The Morgan fingerprint density at radius 2 is 1.91 bits per heavy atom. The van der Waals surface area contributed by atoms with Crippen molar-refractivity contribution in [2.75, 3.05) is 0 Å². The molecule has 1 fully saturated rings. The van der Waals surface area contributed by atoms with Crippen LogP contribution < -0.4 is 0 Å². The monoisotopic (exact) mass is 481 g/mol. The normalized spacial score (nSPS) is 25.5. The Hall–Kier alpha value is -2.43. The average molecular weight is 482 g/mol. The largest absolute Gasteiger partial charge is 0.508 e. The van der Waals surface area contributed by atoms with Crippen LogP contribution >= 0.6 is 11.6 Å². The van der Waals surface area contributed by atoms with E-state index in [0.717, 1.165) is 31.4 Å². The van der Waals surface area contributed by atoms with E-state index in [0.29, 0.717) is 35.1 Å². The second kappa shape index (κ2) is 9.67. The SMILES string of the molecule is CCC12CCC(O)(c3cc(F)cc(Cl)c3)C[C@H]1CCc1cc(O)ccc12.Cc1cccnc1C. The molecule has 0 radical (unpaired) electrons. The number of phenolic OH excluding ortho intramolecular Hbond substituents is 1. The van der Waals surface area contributed by atoms with Crippen molar-refractivity contribution in [3.8, 4) is 5.75 Å². The molecule has 0 aliphatic heterocycles. The highest BCUT2D eigenvalue weighted by atomic mass is 35.5. The number of rotatable bonds is 2. The van der Waals surface area contributed by atoms with E-state index in [1.54, 1.807) is 12.1 Å². The lowest BCUT2D eigenvalue weighted by Gasteiger charge is -2.53. The number of nitrogens with zero attached hydrogens (tertiary/aromatic N) is 1. The Morgan fingerprint density at radius 3 is 2.56 bits per heavy atom. The molecule has 5 rings (SSSR count). The maximum absolute atomic E-state index is 13.8. The van der Waals surface area contributed by atoms with Crippen molar-refractivity contribution in [1.29, 1.82) is 0 Å². The first-order chi connectivity index (χ1) is 16.2. The van der Waals surface area contributed by atoms with Gasteiger partial charge in [0, 0.05) is 16.9 Å². The van der Waals surface area contributed by atoms with E-state index in [4.69, 9.17) is 11.6 Å². The molecule has 2 aliphatic carbocycles. The fraction of sp³-hybridized carbons (Fsp3) is 0.414. The highest BCUT2D eigenvalue weighted by Gasteiger charge is 2.51. The third-order valence-electron chi connectivity index (χ3n) is 8.04. The molecule has 2 N–H and O–H groups in total. The summed E-state index contributed by atoms with van der Waals surface area (Å²) < 4.78 is 13.8. The molecule has 3 aromatic rings. The van der Waals surface area contributed by atoms with Crippen LogP contribution in [-0.4, -0.2) is 15.2 Å². The van der Waals surface area contributed by atoms with E-state index in [1.807, 2.05) is 25.3 Å². The molecule has 1 saturated carbocycles. The molecule has 2 unspecified atom stereocenters. The van der Waals surface area contributed by atoms with Gasteiger partial charge in [0.1, 0.15) is 11.6 Å². The van der Waals surface area contributed by atoms with Crippen LogP contribution in [-0.2, 0) is 17.4 Å². The summed E-state index contributed by atoms with van der Waals surface area (Å²) in [5.41, 5.74) is 4.48. The number of halogens is 2. The van der Waals surface area contributed by atoms with Gasteiger partial charge >= 0.3 is 0 Å².